The van der Waals surface area contributed by atoms with Crippen LogP contribution in [0.4, 0.5) is 5.69 Å². The molecule has 0 bridgehead atoms. The lowest BCUT2D eigenvalue weighted by atomic mass is 10.1. The summed E-state index contributed by atoms with van der Waals surface area (Å²) in [7, 11) is -3.85. The van der Waals surface area contributed by atoms with E-state index in [0.29, 0.717) is 40.4 Å². The molecule has 0 radical (unpaired) electrons. The predicted octanol–water partition coefficient (Wildman–Crippen LogP) is 5.66. The van der Waals surface area contributed by atoms with Gasteiger partial charge in [-0.3, -0.25) is 9.52 Å². The van der Waals surface area contributed by atoms with E-state index in [-0.39, 0.29) is 10.7 Å². The van der Waals surface area contributed by atoms with Crippen molar-refractivity contribution in [2.75, 3.05) is 4.72 Å². The standard InChI is InChI=1S/C24H19NO5S/c1-17-7-8-18(23-14-13-22(16-26)30-23)15-24(17)31(27,28)25-19-9-11-21(12-10-19)29-20-5-3-2-4-6-20/h2-16,25H,1H3. The fourth-order valence-electron chi connectivity index (χ4n) is 3.04. The summed E-state index contributed by atoms with van der Waals surface area (Å²) in [6.07, 6.45) is 0.599. The number of hydrogen-bond donors (Lipinski definition) is 1. The average Bonchev–Trinajstić information content (AvgIpc) is 3.25. The van der Waals surface area contributed by atoms with Gasteiger partial charge in [0.2, 0.25) is 0 Å². The molecule has 4 aromatic rings. The van der Waals surface area contributed by atoms with E-state index in [0.717, 1.165) is 0 Å². The van der Waals surface area contributed by atoms with Crippen molar-refractivity contribution >= 4 is 22.0 Å². The molecule has 156 valence electrons. The maximum atomic E-state index is 13.0. The van der Waals surface area contributed by atoms with Crippen LogP contribution in [0.5, 0.6) is 11.5 Å². The van der Waals surface area contributed by atoms with Crippen LogP contribution < -0.4 is 9.46 Å². The van der Waals surface area contributed by atoms with Crippen LogP contribution in [-0.2, 0) is 10.0 Å². The van der Waals surface area contributed by atoms with Crippen LogP contribution >= 0.6 is 0 Å². The van der Waals surface area contributed by atoms with Crippen molar-refractivity contribution in [1.29, 1.82) is 0 Å². The number of carbonyl (C=O) groups excluding carboxylic acids is 1. The fourth-order valence-corrected chi connectivity index (χ4v) is 4.37. The van der Waals surface area contributed by atoms with Crippen molar-refractivity contribution in [2.24, 2.45) is 0 Å². The van der Waals surface area contributed by atoms with Gasteiger partial charge in [0.1, 0.15) is 17.3 Å². The number of aryl methyl sites for hydroxylation is 1. The summed E-state index contributed by atoms with van der Waals surface area (Å²) in [5.74, 6) is 1.88. The number of furan rings is 1. The highest BCUT2D eigenvalue weighted by Crippen LogP contribution is 2.28. The average molecular weight is 433 g/mol. The number of sulfonamides is 1. The summed E-state index contributed by atoms with van der Waals surface area (Å²) < 4.78 is 39.8. The molecule has 0 aliphatic heterocycles. The molecule has 0 atom stereocenters. The van der Waals surface area contributed by atoms with E-state index >= 15 is 0 Å². The van der Waals surface area contributed by atoms with Crippen LogP contribution in [0.15, 0.2) is 94.2 Å². The Morgan fingerprint density at radius 3 is 2.26 bits per heavy atom. The van der Waals surface area contributed by atoms with Crippen LogP contribution in [0.1, 0.15) is 16.1 Å². The first-order valence-corrected chi connectivity index (χ1v) is 10.9. The van der Waals surface area contributed by atoms with Crippen molar-refractivity contribution in [3.05, 3.63) is 96.3 Å². The van der Waals surface area contributed by atoms with Gasteiger partial charge in [0.15, 0.2) is 12.0 Å². The molecular formula is C24H19NO5S. The molecule has 0 saturated heterocycles. The van der Waals surface area contributed by atoms with E-state index < -0.39 is 10.0 Å². The van der Waals surface area contributed by atoms with Gasteiger partial charge in [-0.15, -0.1) is 0 Å². The summed E-state index contributed by atoms with van der Waals surface area (Å²) in [5.41, 5.74) is 1.56. The minimum absolute atomic E-state index is 0.124. The Hall–Kier alpha value is -3.84. The largest absolute Gasteiger partial charge is 0.457 e. The van der Waals surface area contributed by atoms with E-state index in [1.54, 1.807) is 49.4 Å². The Balaban J connectivity index is 1.56. The second-order valence-electron chi connectivity index (χ2n) is 6.85. The minimum atomic E-state index is -3.85. The molecule has 0 aliphatic rings. The van der Waals surface area contributed by atoms with Crippen molar-refractivity contribution in [3.8, 4) is 22.8 Å². The third-order valence-electron chi connectivity index (χ3n) is 4.59. The number of anilines is 1. The van der Waals surface area contributed by atoms with Gasteiger partial charge in [0.25, 0.3) is 10.0 Å². The molecule has 3 aromatic carbocycles. The number of hydrogen-bond acceptors (Lipinski definition) is 5. The quantitative estimate of drug-likeness (QED) is 0.380. The van der Waals surface area contributed by atoms with Gasteiger partial charge >= 0.3 is 0 Å². The van der Waals surface area contributed by atoms with E-state index in [1.165, 1.54) is 12.1 Å². The molecule has 1 aromatic heterocycles. The van der Waals surface area contributed by atoms with E-state index in [9.17, 15) is 13.2 Å². The monoisotopic (exact) mass is 433 g/mol. The van der Waals surface area contributed by atoms with Crippen molar-refractivity contribution in [2.45, 2.75) is 11.8 Å². The third kappa shape index (κ3) is 4.67. The summed E-state index contributed by atoms with van der Waals surface area (Å²) in [6, 6.07) is 24.1. The molecule has 1 N–H and O–H groups in total. The maximum Gasteiger partial charge on any atom is 0.262 e. The molecule has 7 heteroatoms. The SMILES string of the molecule is Cc1ccc(-c2ccc(C=O)o2)cc1S(=O)(=O)Nc1ccc(Oc2ccccc2)cc1. The minimum Gasteiger partial charge on any atom is -0.457 e. The first kappa shape index (κ1) is 20.4. The second kappa shape index (κ2) is 8.49. The van der Waals surface area contributed by atoms with Crippen LogP contribution in [0.3, 0.4) is 0 Å². The molecule has 1 heterocycles. The van der Waals surface area contributed by atoms with Crippen LogP contribution in [0.2, 0.25) is 0 Å². The molecule has 0 fully saturated rings. The van der Waals surface area contributed by atoms with Crippen LogP contribution in [0, 0.1) is 6.92 Å². The van der Waals surface area contributed by atoms with Crippen LogP contribution in [0.25, 0.3) is 11.3 Å². The third-order valence-corrected chi connectivity index (χ3v) is 6.11. The number of para-hydroxylation sites is 1. The number of benzene rings is 3. The molecule has 31 heavy (non-hydrogen) atoms. The normalized spacial score (nSPS) is 11.1. The Kier molecular flexibility index (Phi) is 5.60. The summed E-state index contributed by atoms with van der Waals surface area (Å²) in [4.78, 5) is 11.0. The molecule has 0 unspecified atom stereocenters. The van der Waals surface area contributed by atoms with Gasteiger partial charge in [0.05, 0.1) is 4.90 Å². The Bertz CT molecular complexity index is 1310. The molecule has 4 rings (SSSR count). The van der Waals surface area contributed by atoms with Gasteiger partial charge in [-0.1, -0.05) is 30.3 Å². The van der Waals surface area contributed by atoms with Crippen molar-refractivity contribution < 1.29 is 22.4 Å². The Labute approximate surface area is 180 Å². The number of ether oxygens (including phenoxy) is 1. The van der Waals surface area contributed by atoms with E-state index in [4.69, 9.17) is 9.15 Å². The lowest BCUT2D eigenvalue weighted by Gasteiger charge is -2.12. The smallest absolute Gasteiger partial charge is 0.262 e. The Morgan fingerprint density at radius 2 is 1.58 bits per heavy atom. The maximum absolute atomic E-state index is 13.0. The van der Waals surface area contributed by atoms with Crippen molar-refractivity contribution in [3.63, 3.8) is 0 Å². The number of carbonyl (C=O) groups is 1. The highest BCUT2D eigenvalue weighted by Gasteiger charge is 2.19. The van der Waals surface area contributed by atoms with Gasteiger partial charge < -0.3 is 9.15 Å². The summed E-state index contributed by atoms with van der Waals surface area (Å²) >= 11 is 0. The predicted molar refractivity (Wildman–Crippen MR) is 118 cm³/mol. The number of aldehydes is 1. The van der Waals surface area contributed by atoms with Gasteiger partial charge in [0, 0.05) is 11.3 Å². The Morgan fingerprint density at radius 1 is 0.871 bits per heavy atom. The molecule has 0 amide bonds. The zero-order chi connectivity index (χ0) is 21.8. The summed E-state index contributed by atoms with van der Waals surface area (Å²) in [5, 5.41) is 0. The number of rotatable bonds is 7. The topological polar surface area (TPSA) is 85.6 Å². The molecule has 0 saturated carbocycles. The van der Waals surface area contributed by atoms with E-state index in [1.807, 2.05) is 30.3 Å². The van der Waals surface area contributed by atoms with Gasteiger partial charge in [-0.25, -0.2) is 8.42 Å². The first-order chi connectivity index (χ1) is 14.9. The first-order valence-electron chi connectivity index (χ1n) is 9.46. The number of nitrogens with one attached hydrogen (secondary N) is 1. The summed E-state index contributed by atoms with van der Waals surface area (Å²) in [6.45, 7) is 1.72. The zero-order valence-electron chi connectivity index (χ0n) is 16.6. The molecule has 0 spiro atoms. The fraction of sp³-hybridized carbons (Fsp3) is 0.0417. The molecule has 0 aliphatic carbocycles. The van der Waals surface area contributed by atoms with Crippen molar-refractivity contribution in [1.82, 2.24) is 0 Å². The van der Waals surface area contributed by atoms with Gasteiger partial charge in [-0.2, -0.15) is 0 Å². The lowest BCUT2D eigenvalue weighted by molar-refractivity contribution is 0.110. The molecule has 6 nitrogen and oxygen atoms in total. The highest BCUT2D eigenvalue weighted by atomic mass is 32.2. The second-order valence-corrected chi connectivity index (χ2v) is 8.50. The van der Waals surface area contributed by atoms with E-state index in [2.05, 4.69) is 4.72 Å². The highest BCUT2D eigenvalue weighted by molar-refractivity contribution is 7.92. The van der Waals surface area contributed by atoms with Crippen LogP contribution in [-0.4, -0.2) is 14.7 Å². The van der Waals surface area contributed by atoms with Gasteiger partial charge in [-0.05, 0) is 67.1 Å². The lowest BCUT2D eigenvalue weighted by Crippen LogP contribution is -2.14. The zero-order valence-corrected chi connectivity index (χ0v) is 17.4. The molecular weight excluding hydrogens is 414 g/mol.